The van der Waals surface area contributed by atoms with Crippen LogP contribution in [0.4, 0.5) is 0 Å². The zero-order chi connectivity index (χ0) is 15.0. The third kappa shape index (κ3) is 2.46. The van der Waals surface area contributed by atoms with Crippen LogP contribution in [0.1, 0.15) is 22.5 Å². The largest absolute Gasteiger partial charge is 0.481 e. The van der Waals surface area contributed by atoms with Crippen LogP contribution < -0.4 is 0 Å². The van der Waals surface area contributed by atoms with Gasteiger partial charge in [0.25, 0.3) is 5.91 Å². The number of carbonyl (C=O) groups excluding carboxylic acids is 1. The molecule has 3 rings (SSSR count). The van der Waals surface area contributed by atoms with Crippen LogP contribution in [0, 0.1) is 12.8 Å². The van der Waals surface area contributed by atoms with Gasteiger partial charge >= 0.3 is 5.97 Å². The topological polar surface area (TPSA) is 70.5 Å². The van der Waals surface area contributed by atoms with Gasteiger partial charge in [-0.2, -0.15) is 0 Å². The fourth-order valence-electron chi connectivity index (χ4n) is 2.73. The number of likely N-dealkylation sites (tertiary alicyclic amines) is 1. The van der Waals surface area contributed by atoms with Crippen molar-refractivity contribution in [3.63, 3.8) is 0 Å². The van der Waals surface area contributed by atoms with Crippen LogP contribution in [-0.4, -0.2) is 40.0 Å². The number of nitrogens with zero attached hydrogens (tertiary/aromatic N) is 2. The van der Waals surface area contributed by atoms with E-state index in [9.17, 15) is 9.59 Å². The number of rotatable bonds is 2. The lowest BCUT2D eigenvalue weighted by molar-refractivity contribution is -0.141. The molecule has 2 heterocycles. The van der Waals surface area contributed by atoms with E-state index in [0.717, 1.165) is 11.1 Å². The summed E-state index contributed by atoms with van der Waals surface area (Å²) in [5, 5.41) is 9.96. The summed E-state index contributed by atoms with van der Waals surface area (Å²) in [5.41, 5.74) is 2.08. The fraction of sp³-hybridized carbons (Fsp3) is 0.312. The Morgan fingerprint density at radius 3 is 2.81 bits per heavy atom. The molecule has 1 aromatic carbocycles. The maximum atomic E-state index is 12.6. The summed E-state index contributed by atoms with van der Waals surface area (Å²) in [7, 11) is 0. The number of fused-ring (bicyclic) bond motifs is 1. The van der Waals surface area contributed by atoms with E-state index in [1.54, 1.807) is 11.0 Å². The normalized spacial score (nSPS) is 18.1. The molecule has 2 aromatic rings. The number of aromatic nitrogens is 1. The molecule has 1 aromatic heterocycles. The average molecular weight is 284 g/mol. The molecule has 5 heteroatoms. The highest BCUT2D eigenvalue weighted by Gasteiger charge is 2.31. The van der Waals surface area contributed by atoms with Crippen molar-refractivity contribution in [2.45, 2.75) is 13.3 Å². The SMILES string of the molecule is Cc1ccc2cccc(C(=O)N3CCC(C(=O)O)C3)c2n1. The van der Waals surface area contributed by atoms with Gasteiger partial charge in [0.2, 0.25) is 0 Å². The van der Waals surface area contributed by atoms with Gasteiger partial charge in [-0.1, -0.05) is 18.2 Å². The number of pyridine rings is 1. The monoisotopic (exact) mass is 284 g/mol. The second-order valence-corrected chi connectivity index (χ2v) is 5.40. The molecule has 1 aliphatic rings. The minimum Gasteiger partial charge on any atom is -0.481 e. The van der Waals surface area contributed by atoms with Gasteiger partial charge in [0.1, 0.15) is 0 Å². The lowest BCUT2D eigenvalue weighted by atomic mass is 10.1. The molecular weight excluding hydrogens is 268 g/mol. The van der Waals surface area contributed by atoms with E-state index in [2.05, 4.69) is 4.98 Å². The van der Waals surface area contributed by atoms with E-state index in [-0.39, 0.29) is 12.5 Å². The Kier molecular flexibility index (Phi) is 3.33. The van der Waals surface area contributed by atoms with Crippen molar-refractivity contribution >= 4 is 22.8 Å². The van der Waals surface area contributed by atoms with Gasteiger partial charge in [0.05, 0.1) is 17.0 Å². The van der Waals surface area contributed by atoms with E-state index in [1.807, 2.05) is 31.2 Å². The van der Waals surface area contributed by atoms with Crippen molar-refractivity contribution in [3.05, 3.63) is 41.6 Å². The third-order valence-electron chi connectivity index (χ3n) is 3.91. The highest BCUT2D eigenvalue weighted by atomic mass is 16.4. The van der Waals surface area contributed by atoms with Crippen molar-refractivity contribution in [1.82, 2.24) is 9.88 Å². The number of carbonyl (C=O) groups is 2. The Morgan fingerprint density at radius 1 is 1.29 bits per heavy atom. The average Bonchev–Trinajstić information content (AvgIpc) is 2.96. The molecule has 1 N–H and O–H groups in total. The lowest BCUT2D eigenvalue weighted by Gasteiger charge is -2.16. The summed E-state index contributed by atoms with van der Waals surface area (Å²) < 4.78 is 0. The first kappa shape index (κ1) is 13.5. The standard InChI is InChI=1S/C16H16N2O3/c1-10-5-6-11-3-2-4-13(14(11)17-10)15(19)18-8-7-12(9-18)16(20)21/h2-6,12H,7-9H2,1H3,(H,20,21). The van der Waals surface area contributed by atoms with Crippen molar-refractivity contribution in [2.24, 2.45) is 5.92 Å². The van der Waals surface area contributed by atoms with Crippen LogP contribution in [-0.2, 0) is 4.79 Å². The molecule has 1 atom stereocenters. The highest BCUT2D eigenvalue weighted by Crippen LogP contribution is 2.23. The van der Waals surface area contributed by atoms with Gasteiger partial charge < -0.3 is 10.0 Å². The summed E-state index contributed by atoms with van der Waals surface area (Å²) in [5.74, 6) is -1.43. The predicted octanol–water partition coefficient (Wildman–Crippen LogP) is 2.09. The molecule has 5 nitrogen and oxygen atoms in total. The molecule has 1 unspecified atom stereocenters. The molecule has 1 aliphatic heterocycles. The number of para-hydroxylation sites is 1. The van der Waals surface area contributed by atoms with Crippen LogP contribution in [0.5, 0.6) is 0 Å². The smallest absolute Gasteiger partial charge is 0.308 e. The van der Waals surface area contributed by atoms with Crippen LogP contribution in [0.2, 0.25) is 0 Å². The zero-order valence-electron chi connectivity index (χ0n) is 11.7. The number of hydrogen-bond acceptors (Lipinski definition) is 3. The van der Waals surface area contributed by atoms with E-state index >= 15 is 0 Å². The summed E-state index contributed by atoms with van der Waals surface area (Å²) >= 11 is 0. The number of carboxylic acid groups (broad SMARTS) is 1. The number of hydrogen-bond donors (Lipinski definition) is 1. The Bertz CT molecular complexity index is 727. The molecule has 0 aliphatic carbocycles. The van der Waals surface area contributed by atoms with Gasteiger partial charge in [-0.3, -0.25) is 14.6 Å². The lowest BCUT2D eigenvalue weighted by Crippen LogP contribution is -2.30. The van der Waals surface area contributed by atoms with E-state index in [4.69, 9.17) is 5.11 Å². The van der Waals surface area contributed by atoms with Crippen LogP contribution in [0.15, 0.2) is 30.3 Å². The summed E-state index contributed by atoms with van der Waals surface area (Å²) in [6.07, 6.45) is 0.512. The number of aliphatic carboxylic acids is 1. The molecule has 0 saturated carbocycles. The Hall–Kier alpha value is -2.43. The Morgan fingerprint density at radius 2 is 2.10 bits per heavy atom. The summed E-state index contributed by atoms with van der Waals surface area (Å²) in [4.78, 5) is 29.7. The Balaban J connectivity index is 1.95. The van der Waals surface area contributed by atoms with Gasteiger partial charge in [-0.25, -0.2) is 0 Å². The van der Waals surface area contributed by atoms with Crippen molar-refractivity contribution in [1.29, 1.82) is 0 Å². The quantitative estimate of drug-likeness (QED) is 0.916. The van der Waals surface area contributed by atoms with Gasteiger partial charge in [0.15, 0.2) is 0 Å². The molecule has 0 radical (unpaired) electrons. The molecule has 0 spiro atoms. The molecule has 1 amide bonds. The van der Waals surface area contributed by atoms with Crippen LogP contribution in [0.25, 0.3) is 10.9 Å². The molecule has 108 valence electrons. The van der Waals surface area contributed by atoms with E-state index < -0.39 is 11.9 Å². The number of benzene rings is 1. The molecule has 21 heavy (non-hydrogen) atoms. The summed E-state index contributed by atoms with van der Waals surface area (Å²) in [6.45, 7) is 2.64. The minimum atomic E-state index is -0.836. The van der Waals surface area contributed by atoms with Crippen molar-refractivity contribution < 1.29 is 14.7 Å². The van der Waals surface area contributed by atoms with E-state index in [1.165, 1.54) is 0 Å². The predicted molar refractivity (Wildman–Crippen MR) is 78.1 cm³/mol. The number of carboxylic acids is 1. The first-order valence-corrected chi connectivity index (χ1v) is 6.95. The molecule has 1 saturated heterocycles. The Labute approximate surface area is 122 Å². The van der Waals surface area contributed by atoms with Gasteiger partial charge in [-0.15, -0.1) is 0 Å². The van der Waals surface area contributed by atoms with Gasteiger partial charge in [-0.05, 0) is 25.5 Å². The second kappa shape index (κ2) is 5.16. The number of amides is 1. The number of aryl methyl sites for hydroxylation is 1. The second-order valence-electron chi connectivity index (χ2n) is 5.40. The highest BCUT2D eigenvalue weighted by molar-refractivity contribution is 6.05. The summed E-state index contributed by atoms with van der Waals surface area (Å²) in [6, 6.07) is 9.36. The minimum absolute atomic E-state index is 0.137. The van der Waals surface area contributed by atoms with E-state index in [0.29, 0.717) is 24.0 Å². The molecule has 1 fully saturated rings. The van der Waals surface area contributed by atoms with Crippen molar-refractivity contribution in [2.75, 3.05) is 13.1 Å². The maximum absolute atomic E-state index is 12.6. The first-order valence-electron chi connectivity index (χ1n) is 6.95. The third-order valence-corrected chi connectivity index (χ3v) is 3.91. The first-order chi connectivity index (χ1) is 10.1. The van der Waals surface area contributed by atoms with Crippen LogP contribution in [0.3, 0.4) is 0 Å². The van der Waals surface area contributed by atoms with Crippen LogP contribution >= 0.6 is 0 Å². The molecule has 0 bridgehead atoms. The van der Waals surface area contributed by atoms with Crippen molar-refractivity contribution in [3.8, 4) is 0 Å². The zero-order valence-corrected chi connectivity index (χ0v) is 11.7. The fourth-order valence-corrected chi connectivity index (χ4v) is 2.73. The maximum Gasteiger partial charge on any atom is 0.308 e. The molecular formula is C16H16N2O3. The van der Waals surface area contributed by atoms with Gasteiger partial charge in [0, 0.05) is 24.2 Å².